The van der Waals surface area contributed by atoms with E-state index in [2.05, 4.69) is 48.2 Å². The van der Waals surface area contributed by atoms with Crippen molar-refractivity contribution in [1.82, 2.24) is 20.2 Å². The molecule has 2 heterocycles. The highest BCUT2D eigenvalue weighted by molar-refractivity contribution is 5.99. The van der Waals surface area contributed by atoms with Gasteiger partial charge in [0.25, 0.3) is 5.56 Å². The predicted molar refractivity (Wildman–Crippen MR) is 153 cm³/mol. The largest absolute Gasteiger partial charge is 0.313 e. The van der Waals surface area contributed by atoms with Crippen LogP contribution in [0.15, 0.2) is 23.0 Å². The highest BCUT2D eigenvalue weighted by atomic mass is 16.2. The van der Waals surface area contributed by atoms with Gasteiger partial charge in [-0.05, 0) is 80.9 Å². The van der Waals surface area contributed by atoms with Gasteiger partial charge in [-0.25, -0.2) is 4.98 Å². The van der Waals surface area contributed by atoms with Gasteiger partial charge in [0, 0.05) is 24.4 Å². The van der Waals surface area contributed by atoms with Crippen molar-refractivity contribution in [3.8, 4) is 11.8 Å². The standard InChI is InChI=1S/C32H42N4O3/c1-21-34-24-14-11-13-22(28(24)30(39)36(21)25-15-16-27(37)35-29(25)38)12-9-7-5-6-8-10-19-33-26-20-23-17-18-32(26,4)31(23,2)3/h11,13-14,23,25-26,33H,5-8,10,15-20H2,1-4H3,(H,35,37,38)/t23-,25+,26+,32+/m1/s1. The lowest BCUT2D eigenvalue weighted by Crippen LogP contribution is -2.45. The Morgan fingerprint density at radius 2 is 1.90 bits per heavy atom. The van der Waals surface area contributed by atoms with Crippen molar-refractivity contribution in [2.24, 2.45) is 16.7 Å². The summed E-state index contributed by atoms with van der Waals surface area (Å²) in [6.07, 6.45) is 9.93. The van der Waals surface area contributed by atoms with Crippen molar-refractivity contribution in [1.29, 1.82) is 0 Å². The Morgan fingerprint density at radius 1 is 1.10 bits per heavy atom. The first-order valence-electron chi connectivity index (χ1n) is 14.7. The van der Waals surface area contributed by atoms with Crippen LogP contribution in [0.5, 0.6) is 0 Å². The van der Waals surface area contributed by atoms with Gasteiger partial charge in [0.2, 0.25) is 11.8 Å². The van der Waals surface area contributed by atoms with Gasteiger partial charge in [0.1, 0.15) is 11.9 Å². The SMILES string of the molecule is Cc1nc2cccc(C#CCCCCCCN[C@H]3C[C@H]4CC[C@]3(C)C4(C)C)c2c(=O)n1[C@H]1CCC(=O)NC1=O. The normalized spacial score (nSPS) is 27.4. The topological polar surface area (TPSA) is 93.1 Å². The Morgan fingerprint density at radius 3 is 2.62 bits per heavy atom. The van der Waals surface area contributed by atoms with Gasteiger partial charge < -0.3 is 5.32 Å². The van der Waals surface area contributed by atoms with Gasteiger partial charge in [-0.15, -0.1) is 0 Å². The number of fused-ring (bicyclic) bond motifs is 3. The molecule has 0 spiro atoms. The number of aromatic nitrogens is 2. The second kappa shape index (κ2) is 10.9. The summed E-state index contributed by atoms with van der Waals surface area (Å²) in [5.74, 6) is 7.02. The number of carbonyl (C=O) groups excluding carboxylic acids is 2. The lowest BCUT2D eigenvalue weighted by molar-refractivity contribution is -0.135. The number of piperidine rings is 1. The van der Waals surface area contributed by atoms with Crippen molar-refractivity contribution in [3.05, 3.63) is 39.9 Å². The molecule has 39 heavy (non-hydrogen) atoms. The maximum atomic E-state index is 13.5. The molecule has 5 rings (SSSR count). The van der Waals surface area contributed by atoms with Gasteiger partial charge >= 0.3 is 0 Å². The van der Waals surface area contributed by atoms with Crippen LogP contribution in [0.1, 0.15) is 102 Å². The molecule has 2 amide bonds. The number of benzene rings is 1. The number of hydrogen-bond donors (Lipinski definition) is 2. The molecule has 7 nitrogen and oxygen atoms in total. The average Bonchev–Trinajstić information content (AvgIpc) is 3.22. The molecule has 2 aromatic rings. The van der Waals surface area contributed by atoms with Crippen LogP contribution in [0.2, 0.25) is 0 Å². The maximum absolute atomic E-state index is 13.5. The summed E-state index contributed by atoms with van der Waals surface area (Å²) in [6.45, 7) is 10.2. The minimum absolute atomic E-state index is 0.205. The quantitative estimate of drug-likeness (QED) is 0.291. The van der Waals surface area contributed by atoms with Crippen LogP contribution in [-0.2, 0) is 9.59 Å². The molecule has 1 aromatic heterocycles. The van der Waals surface area contributed by atoms with Crippen LogP contribution in [0.4, 0.5) is 0 Å². The number of nitrogens with zero attached hydrogens (tertiary/aromatic N) is 2. The fourth-order valence-corrected chi connectivity index (χ4v) is 7.39. The van der Waals surface area contributed by atoms with Crippen LogP contribution in [0.3, 0.4) is 0 Å². The Bertz CT molecular complexity index is 1400. The van der Waals surface area contributed by atoms with Crippen LogP contribution < -0.4 is 16.2 Å². The summed E-state index contributed by atoms with van der Waals surface area (Å²) in [7, 11) is 0. The van der Waals surface area contributed by atoms with Gasteiger partial charge in [-0.1, -0.05) is 51.5 Å². The Kier molecular flexibility index (Phi) is 7.70. The third-order valence-electron chi connectivity index (χ3n) is 10.3. The molecule has 2 aliphatic carbocycles. The van der Waals surface area contributed by atoms with Crippen LogP contribution in [0, 0.1) is 35.5 Å². The predicted octanol–water partition coefficient (Wildman–Crippen LogP) is 4.79. The minimum atomic E-state index is -0.735. The van der Waals surface area contributed by atoms with Gasteiger partial charge in [0.05, 0.1) is 10.9 Å². The number of rotatable bonds is 8. The van der Waals surface area contributed by atoms with E-state index in [4.69, 9.17) is 0 Å². The average molecular weight is 531 g/mol. The van der Waals surface area contributed by atoms with E-state index in [1.165, 1.54) is 36.7 Å². The number of nitrogens with one attached hydrogen (secondary N) is 2. The minimum Gasteiger partial charge on any atom is -0.313 e. The van der Waals surface area contributed by atoms with Crippen molar-refractivity contribution in [3.63, 3.8) is 0 Å². The second-order valence-corrected chi connectivity index (χ2v) is 12.6. The van der Waals surface area contributed by atoms with E-state index in [1.807, 2.05) is 12.1 Å². The van der Waals surface area contributed by atoms with Crippen molar-refractivity contribution in [2.75, 3.05) is 6.54 Å². The fraction of sp³-hybridized carbons (Fsp3) is 0.625. The monoisotopic (exact) mass is 530 g/mol. The molecule has 208 valence electrons. The lowest BCUT2D eigenvalue weighted by Gasteiger charge is -2.39. The van der Waals surface area contributed by atoms with Crippen LogP contribution in [0.25, 0.3) is 10.9 Å². The Hall–Kier alpha value is -2.98. The third-order valence-corrected chi connectivity index (χ3v) is 10.3. The molecule has 1 aromatic carbocycles. The molecule has 4 atom stereocenters. The Balaban J connectivity index is 1.14. The third kappa shape index (κ3) is 5.04. The highest BCUT2D eigenvalue weighted by Gasteiger charge is 2.60. The van der Waals surface area contributed by atoms with E-state index >= 15 is 0 Å². The highest BCUT2D eigenvalue weighted by Crippen LogP contribution is 2.65. The summed E-state index contributed by atoms with van der Waals surface area (Å²) >= 11 is 0. The molecular formula is C32H42N4O3. The van der Waals surface area contributed by atoms with E-state index in [-0.39, 0.29) is 17.9 Å². The number of imide groups is 1. The first-order chi connectivity index (χ1) is 18.6. The molecule has 0 radical (unpaired) electrons. The van der Waals surface area contributed by atoms with Gasteiger partial charge in [0.15, 0.2) is 0 Å². The first-order valence-corrected chi connectivity index (χ1v) is 14.7. The fourth-order valence-electron chi connectivity index (χ4n) is 7.39. The molecule has 3 fully saturated rings. The molecule has 1 saturated heterocycles. The molecule has 0 unspecified atom stereocenters. The molecule has 2 saturated carbocycles. The van der Waals surface area contributed by atoms with Crippen molar-refractivity contribution in [2.45, 2.75) is 104 Å². The number of carbonyl (C=O) groups is 2. The number of amides is 2. The first kappa shape index (κ1) is 27.6. The smallest absolute Gasteiger partial charge is 0.263 e. The van der Waals surface area contributed by atoms with E-state index in [0.29, 0.717) is 45.6 Å². The molecule has 1 aliphatic heterocycles. The van der Waals surface area contributed by atoms with Crippen molar-refractivity contribution < 1.29 is 9.59 Å². The zero-order valence-corrected chi connectivity index (χ0v) is 23.9. The molecule has 3 aliphatic rings. The summed E-state index contributed by atoms with van der Waals surface area (Å²) in [5.41, 5.74) is 1.83. The zero-order chi connectivity index (χ0) is 27.8. The Labute approximate surface area is 231 Å². The van der Waals surface area contributed by atoms with E-state index in [9.17, 15) is 14.4 Å². The summed E-state index contributed by atoms with van der Waals surface area (Å²) < 4.78 is 1.42. The number of aryl methyl sites for hydroxylation is 1. The van der Waals surface area contributed by atoms with E-state index < -0.39 is 11.9 Å². The van der Waals surface area contributed by atoms with Crippen LogP contribution >= 0.6 is 0 Å². The maximum Gasteiger partial charge on any atom is 0.263 e. The molecule has 7 heteroatoms. The lowest BCUT2D eigenvalue weighted by atomic mass is 9.69. The second-order valence-electron chi connectivity index (χ2n) is 12.6. The van der Waals surface area contributed by atoms with E-state index in [0.717, 1.165) is 31.7 Å². The van der Waals surface area contributed by atoms with Crippen LogP contribution in [-0.4, -0.2) is 34.0 Å². The van der Waals surface area contributed by atoms with Crippen molar-refractivity contribution >= 4 is 22.7 Å². The van der Waals surface area contributed by atoms with Gasteiger partial charge in [-0.3, -0.25) is 24.3 Å². The zero-order valence-electron chi connectivity index (χ0n) is 23.9. The number of unbranched alkanes of at least 4 members (excludes halogenated alkanes) is 4. The van der Waals surface area contributed by atoms with Gasteiger partial charge in [-0.2, -0.15) is 0 Å². The van der Waals surface area contributed by atoms with E-state index in [1.54, 1.807) is 13.0 Å². The molecule has 2 N–H and O–H groups in total. The summed E-state index contributed by atoms with van der Waals surface area (Å²) in [4.78, 5) is 42.1. The number of hydrogen-bond acceptors (Lipinski definition) is 5. The molecule has 2 bridgehead atoms. The summed E-state index contributed by atoms with van der Waals surface area (Å²) in [5, 5.41) is 6.66. The molecular weight excluding hydrogens is 488 g/mol. The summed E-state index contributed by atoms with van der Waals surface area (Å²) in [6, 6.07) is 5.43.